The van der Waals surface area contributed by atoms with Crippen molar-refractivity contribution in [1.29, 1.82) is 0 Å². The minimum absolute atomic E-state index is 0.310. The zero-order valence-electron chi connectivity index (χ0n) is 12.3. The quantitative estimate of drug-likeness (QED) is 0.739. The fraction of sp³-hybridized carbons (Fsp3) is 1.00. The third-order valence-electron chi connectivity index (χ3n) is 4.70. The van der Waals surface area contributed by atoms with Gasteiger partial charge in [0.15, 0.2) is 0 Å². The highest BCUT2D eigenvalue weighted by Gasteiger charge is 2.42. The molecule has 0 aromatic carbocycles. The SMILES string of the molecule is CCCCN(C(C)CC)C1(CN)CCC(C)C1. The van der Waals surface area contributed by atoms with Crippen LogP contribution in [0.1, 0.15) is 66.2 Å². The van der Waals surface area contributed by atoms with E-state index in [2.05, 4.69) is 32.6 Å². The molecule has 2 heteroatoms. The third kappa shape index (κ3) is 3.45. The summed E-state index contributed by atoms with van der Waals surface area (Å²) in [6.07, 6.45) is 7.79. The van der Waals surface area contributed by atoms with E-state index in [9.17, 15) is 0 Å². The zero-order chi connectivity index (χ0) is 12.9. The molecule has 1 fully saturated rings. The van der Waals surface area contributed by atoms with Gasteiger partial charge in [-0.1, -0.05) is 27.2 Å². The Bertz CT molecular complexity index is 217. The molecule has 0 aliphatic heterocycles. The number of rotatable bonds is 7. The van der Waals surface area contributed by atoms with E-state index < -0.39 is 0 Å². The van der Waals surface area contributed by atoms with Crippen LogP contribution in [0.3, 0.4) is 0 Å². The molecule has 0 saturated heterocycles. The lowest BCUT2D eigenvalue weighted by Gasteiger charge is -2.44. The first-order valence-electron chi connectivity index (χ1n) is 7.56. The molecule has 0 aromatic rings. The van der Waals surface area contributed by atoms with E-state index in [4.69, 9.17) is 5.73 Å². The van der Waals surface area contributed by atoms with E-state index in [1.54, 1.807) is 0 Å². The van der Waals surface area contributed by atoms with Crippen LogP contribution in [0.2, 0.25) is 0 Å². The van der Waals surface area contributed by atoms with Gasteiger partial charge in [-0.25, -0.2) is 0 Å². The first-order chi connectivity index (χ1) is 8.09. The van der Waals surface area contributed by atoms with Crippen LogP contribution in [0.15, 0.2) is 0 Å². The molecule has 2 N–H and O–H groups in total. The van der Waals surface area contributed by atoms with Crippen molar-refractivity contribution >= 4 is 0 Å². The monoisotopic (exact) mass is 240 g/mol. The molecule has 1 aliphatic carbocycles. The van der Waals surface area contributed by atoms with Crippen LogP contribution in [0.25, 0.3) is 0 Å². The summed E-state index contributed by atoms with van der Waals surface area (Å²) in [5.41, 5.74) is 6.46. The molecule has 0 heterocycles. The number of nitrogens with zero attached hydrogens (tertiary/aromatic N) is 1. The summed E-state index contributed by atoms with van der Waals surface area (Å²) in [6, 6.07) is 0.676. The van der Waals surface area contributed by atoms with Gasteiger partial charge in [0.25, 0.3) is 0 Å². The number of nitrogens with two attached hydrogens (primary N) is 1. The van der Waals surface area contributed by atoms with Crippen LogP contribution in [-0.2, 0) is 0 Å². The first kappa shape index (κ1) is 15.0. The maximum Gasteiger partial charge on any atom is 0.0337 e. The van der Waals surface area contributed by atoms with Crippen molar-refractivity contribution in [3.8, 4) is 0 Å². The van der Waals surface area contributed by atoms with E-state index in [-0.39, 0.29) is 0 Å². The molecule has 3 unspecified atom stereocenters. The van der Waals surface area contributed by atoms with Gasteiger partial charge in [-0.2, -0.15) is 0 Å². The lowest BCUT2D eigenvalue weighted by molar-refractivity contribution is 0.0527. The Morgan fingerprint density at radius 2 is 2.12 bits per heavy atom. The van der Waals surface area contributed by atoms with Gasteiger partial charge >= 0.3 is 0 Å². The summed E-state index contributed by atoms with van der Waals surface area (Å²) < 4.78 is 0. The maximum absolute atomic E-state index is 6.15. The topological polar surface area (TPSA) is 29.3 Å². The summed E-state index contributed by atoms with van der Waals surface area (Å²) in [5.74, 6) is 0.853. The predicted octanol–water partition coefficient (Wildman–Crippen LogP) is 3.40. The molecular weight excluding hydrogens is 208 g/mol. The number of hydrogen-bond acceptors (Lipinski definition) is 2. The van der Waals surface area contributed by atoms with Gasteiger partial charge in [-0.3, -0.25) is 4.90 Å². The minimum Gasteiger partial charge on any atom is -0.329 e. The lowest BCUT2D eigenvalue weighted by Crippen LogP contribution is -2.56. The Balaban J connectivity index is 2.78. The lowest BCUT2D eigenvalue weighted by atomic mass is 9.91. The Morgan fingerprint density at radius 1 is 1.41 bits per heavy atom. The van der Waals surface area contributed by atoms with E-state index in [0.29, 0.717) is 11.6 Å². The predicted molar refractivity (Wildman–Crippen MR) is 76.2 cm³/mol. The van der Waals surface area contributed by atoms with E-state index in [0.717, 1.165) is 12.5 Å². The van der Waals surface area contributed by atoms with Crippen molar-refractivity contribution < 1.29 is 0 Å². The Hall–Kier alpha value is -0.0800. The first-order valence-corrected chi connectivity index (χ1v) is 7.56. The van der Waals surface area contributed by atoms with Gasteiger partial charge in [0.05, 0.1) is 0 Å². The largest absolute Gasteiger partial charge is 0.329 e. The standard InChI is InChI=1S/C15H32N2/c1-5-7-10-17(14(4)6-2)15(12-16)9-8-13(3)11-15/h13-14H,5-12,16H2,1-4H3. The third-order valence-corrected chi connectivity index (χ3v) is 4.70. The second-order valence-electron chi connectivity index (χ2n) is 6.08. The maximum atomic E-state index is 6.15. The van der Waals surface area contributed by atoms with Crippen molar-refractivity contribution in [3.63, 3.8) is 0 Å². The van der Waals surface area contributed by atoms with Gasteiger partial charge < -0.3 is 5.73 Å². The van der Waals surface area contributed by atoms with Crippen LogP contribution in [0.5, 0.6) is 0 Å². The number of unbranched alkanes of at least 4 members (excludes halogenated alkanes) is 1. The summed E-state index contributed by atoms with van der Waals surface area (Å²) in [4.78, 5) is 2.74. The van der Waals surface area contributed by atoms with E-state index >= 15 is 0 Å². The second kappa shape index (κ2) is 6.75. The zero-order valence-corrected chi connectivity index (χ0v) is 12.3. The average Bonchev–Trinajstić information content (AvgIpc) is 2.72. The fourth-order valence-corrected chi connectivity index (χ4v) is 3.41. The number of hydrogen-bond donors (Lipinski definition) is 1. The molecule has 102 valence electrons. The van der Waals surface area contributed by atoms with Gasteiger partial charge in [0.2, 0.25) is 0 Å². The molecule has 0 spiro atoms. The van der Waals surface area contributed by atoms with E-state index in [1.807, 2.05) is 0 Å². The molecule has 0 aromatic heterocycles. The van der Waals surface area contributed by atoms with Crippen molar-refractivity contribution in [2.45, 2.75) is 77.8 Å². The smallest absolute Gasteiger partial charge is 0.0337 e. The Kier molecular flexibility index (Phi) is 5.94. The van der Waals surface area contributed by atoms with Gasteiger partial charge in [-0.05, 0) is 51.5 Å². The molecular formula is C15H32N2. The summed E-state index contributed by atoms with van der Waals surface area (Å²) in [7, 11) is 0. The van der Waals surface area contributed by atoms with Gasteiger partial charge in [0.1, 0.15) is 0 Å². The molecule has 0 radical (unpaired) electrons. The van der Waals surface area contributed by atoms with Crippen molar-refractivity contribution in [2.75, 3.05) is 13.1 Å². The van der Waals surface area contributed by atoms with Gasteiger partial charge in [0, 0.05) is 18.1 Å². The summed E-state index contributed by atoms with van der Waals surface area (Å²) in [6.45, 7) is 11.4. The fourth-order valence-electron chi connectivity index (χ4n) is 3.41. The minimum atomic E-state index is 0.310. The summed E-state index contributed by atoms with van der Waals surface area (Å²) >= 11 is 0. The highest BCUT2D eigenvalue weighted by atomic mass is 15.2. The van der Waals surface area contributed by atoms with Gasteiger partial charge in [-0.15, -0.1) is 0 Å². The van der Waals surface area contributed by atoms with Crippen molar-refractivity contribution in [2.24, 2.45) is 11.7 Å². The molecule has 3 atom stereocenters. The van der Waals surface area contributed by atoms with Crippen LogP contribution < -0.4 is 5.73 Å². The summed E-state index contributed by atoms with van der Waals surface area (Å²) in [5, 5.41) is 0. The Morgan fingerprint density at radius 3 is 2.53 bits per heavy atom. The molecule has 1 saturated carbocycles. The normalized spacial score (nSPS) is 31.1. The van der Waals surface area contributed by atoms with Crippen molar-refractivity contribution in [1.82, 2.24) is 4.90 Å². The highest BCUT2D eigenvalue weighted by Crippen LogP contribution is 2.39. The molecule has 0 bridgehead atoms. The van der Waals surface area contributed by atoms with E-state index in [1.165, 1.54) is 45.1 Å². The van der Waals surface area contributed by atoms with Crippen molar-refractivity contribution in [3.05, 3.63) is 0 Å². The highest BCUT2D eigenvalue weighted by molar-refractivity contribution is 4.99. The second-order valence-corrected chi connectivity index (χ2v) is 6.08. The molecule has 2 nitrogen and oxygen atoms in total. The van der Waals surface area contributed by atoms with Crippen LogP contribution in [0, 0.1) is 5.92 Å². The van der Waals surface area contributed by atoms with Crippen LogP contribution in [0.4, 0.5) is 0 Å². The average molecular weight is 240 g/mol. The Labute approximate surface area is 108 Å². The van der Waals surface area contributed by atoms with Crippen LogP contribution >= 0.6 is 0 Å². The van der Waals surface area contributed by atoms with Crippen LogP contribution in [-0.4, -0.2) is 29.6 Å². The molecule has 1 rings (SSSR count). The molecule has 17 heavy (non-hydrogen) atoms. The molecule has 0 amide bonds. The molecule has 1 aliphatic rings.